The van der Waals surface area contributed by atoms with Gasteiger partial charge in [0.25, 0.3) is 5.56 Å². The summed E-state index contributed by atoms with van der Waals surface area (Å²) in [5.41, 5.74) is 1.24. The van der Waals surface area contributed by atoms with E-state index in [0.29, 0.717) is 38.0 Å². The SMILES string of the molecule is Cc1ccc(F)cc1.O=C(Cn1cccc(NC(=O)C2CCCC2)c1=O)NC(/C=C1\CCOC1=O)CC1CCNC1=O. The van der Waals surface area contributed by atoms with Gasteiger partial charge in [-0.05, 0) is 56.9 Å². The molecule has 2 saturated heterocycles. The van der Waals surface area contributed by atoms with Crippen LogP contribution in [0.15, 0.2) is 59.0 Å². The summed E-state index contributed by atoms with van der Waals surface area (Å²) < 4.78 is 18.3. The average Bonchev–Trinajstić information content (AvgIpc) is 3.73. The van der Waals surface area contributed by atoms with Crippen molar-refractivity contribution in [3.63, 3.8) is 0 Å². The highest BCUT2D eigenvalue weighted by Crippen LogP contribution is 2.25. The average molecular weight is 581 g/mol. The Kier molecular flexibility index (Phi) is 10.6. The van der Waals surface area contributed by atoms with Gasteiger partial charge in [0.05, 0.1) is 6.61 Å². The number of nitrogens with zero attached hydrogens (tertiary/aromatic N) is 1. The molecule has 2 aromatic rings. The van der Waals surface area contributed by atoms with E-state index in [1.54, 1.807) is 24.3 Å². The van der Waals surface area contributed by atoms with Gasteiger partial charge in [0.2, 0.25) is 17.7 Å². The fourth-order valence-electron chi connectivity index (χ4n) is 5.31. The van der Waals surface area contributed by atoms with Crippen LogP contribution in [0, 0.1) is 24.6 Å². The zero-order valence-corrected chi connectivity index (χ0v) is 23.7. The maximum absolute atomic E-state index is 12.8. The van der Waals surface area contributed by atoms with E-state index >= 15 is 0 Å². The molecule has 10 nitrogen and oxygen atoms in total. The second-order valence-electron chi connectivity index (χ2n) is 10.9. The molecule has 11 heteroatoms. The smallest absolute Gasteiger partial charge is 0.333 e. The summed E-state index contributed by atoms with van der Waals surface area (Å²) in [6.07, 6.45) is 8.24. The number of halogens is 1. The number of ether oxygens (including phenoxy) is 1. The van der Waals surface area contributed by atoms with Crippen LogP contribution in [0.5, 0.6) is 0 Å². The number of esters is 1. The van der Waals surface area contributed by atoms with Crippen molar-refractivity contribution < 1.29 is 28.3 Å². The predicted molar refractivity (Wildman–Crippen MR) is 154 cm³/mol. The number of carbonyl (C=O) groups excluding carboxylic acids is 4. The van der Waals surface area contributed by atoms with Crippen molar-refractivity contribution in [1.29, 1.82) is 0 Å². The quantitative estimate of drug-likeness (QED) is 0.325. The summed E-state index contributed by atoms with van der Waals surface area (Å²) in [5.74, 6) is -1.62. The highest BCUT2D eigenvalue weighted by Gasteiger charge is 2.29. The lowest BCUT2D eigenvalue weighted by molar-refractivity contribution is -0.135. The van der Waals surface area contributed by atoms with Crippen molar-refractivity contribution in [3.05, 3.63) is 76.0 Å². The van der Waals surface area contributed by atoms with E-state index in [1.165, 1.54) is 29.0 Å². The second kappa shape index (κ2) is 14.6. The zero-order valence-electron chi connectivity index (χ0n) is 23.7. The third-order valence-electron chi connectivity index (χ3n) is 7.65. The summed E-state index contributed by atoms with van der Waals surface area (Å²) in [6.45, 7) is 2.55. The Morgan fingerprint density at radius 2 is 1.86 bits per heavy atom. The Labute approximate surface area is 243 Å². The van der Waals surface area contributed by atoms with Crippen LogP contribution in [0.25, 0.3) is 0 Å². The van der Waals surface area contributed by atoms with E-state index < -0.39 is 23.5 Å². The number of aromatic nitrogens is 1. The summed E-state index contributed by atoms with van der Waals surface area (Å²) in [4.78, 5) is 62.0. The Bertz CT molecular complexity index is 1360. The van der Waals surface area contributed by atoms with Gasteiger partial charge < -0.3 is 25.3 Å². The van der Waals surface area contributed by atoms with Crippen molar-refractivity contribution in [2.45, 2.75) is 64.5 Å². The molecule has 2 unspecified atom stereocenters. The molecule has 1 saturated carbocycles. The fourth-order valence-corrected chi connectivity index (χ4v) is 5.31. The van der Waals surface area contributed by atoms with Gasteiger partial charge in [0.1, 0.15) is 18.0 Å². The number of benzene rings is 1. The maximum Gasteiger partial charge on any atom is 0.333 e. The molecule has 3 heterocycles. The number of pyridine rings is 1. The Morgan fingerprint density at radius 3 is 2.48 bits per heavy atom. The van der Waals surface area contributed by atoms with Gasteiger partial charge in [0, 0.05) is 42.6 Å². The molecule has 3 fully saturated rings. The largest absolute Gasteiger partial charge is 0.462 e. The van der Waals surface area contributed by atoms with E-state index in [4.69, 9.17) is 4.74 Å². The lowest BCUT2D eigenvalue weighted by atomic mass is 9.96. The van der Waals surface area contributed by atoms with E-state index in [1.807, 2.05) is 6.92 Å². The van der Waals surface area contributed by atoms with E-state index in [9.17, 15) is 28.4 Å². The number of amides is 3. The number of hydrogen-bond acceptors (Lipinski definition) is 6. The minimum absolute atomic E-state index is 0.0754. The third-order valence-corrected chi connectivity index (χ3v) is 7.65. The van der Waals surface area contributed by atoms with Crippen molar-refractivity contribution in [2.24, 2.45) is 11.8 Å². The number of aryl methyl sites for hydroxylation is 1. The van der Waals surface area contributed by atoms with Gasteiger partial charge in [-0.15, -0.1) is 0 Å². The molecular formula is C31H37FN4O6. The van der Waals surface area contributed by atoms with E-state index in [-0.39, 0.29) is 41.7 Å². The summed E-state index contributed by atoms with van der Waals surface area (Å²) in [5, 5.41) is 8.32. The summed E-state index contributed by atoms with van der Waals surface area (Å²) >= 11 is 0. The molecule has 1 aliphatic carbocycles. The van der Waals surface area contributed by atoms with Gasteiger partial charge in [0.15, 0.2) is 0 Å². The number of carbonyl (C=O) groups is 4. The standard InChI is InChI=1S/C24H30N4O6.C7H7F/c29-20(14-28-10-3-6-19(23(28)32)27-22(31)15-4-1-2-5-15)26-18(12-16-7-9-25-21(16)30)13-17-8-11-34-24(17)33;1-6-2-4-7(8)5-3-6/h3,6,10,13,15-16,18H,1-2,4-5,7-9,11-12,14H2,(H,25,30)(H,26,29)(H,27,31);2-5H,1H3/b17-13+;. The van der Waals surface area contributed by atoms with Crippen LogP contribution in [0.3, 0.4) is 0 Å². The topological polar surface area (TPSA) is 136 Å². The van der Waals surface area contributed by atoms with Crippen molar-refractivity contribution in [2.75, 3.05) is 18.5 Å². The normalized spacial score (nSPS) is 20.0. The van der Waals surface area contributed by atoms with Crippen LogP contribution >= 0.6 is 0 Å². The van der Waals surface area contributed by atoms with Crippen molar-refractivity contribution in [1.82, 2.24) is 15.2 Å². The number of nitrogens with one attached hydrogen (secondary N) is 3. The predicted octanol–water partition coefficient (Wildman–Crippen LogP) is 3.00. The molecule has 224 valence electrons. The molecule has 3 N–H and O–H groups in total. The number of rotatable bonds is 8. The van der Waals surface area contributed by atoms with Crippen LogP contribution in [-0.2, 0) is 30.5 Å². The Morgan fingerprint density at radius 1 is 1.12 bits per heavy atom. The van der Waals surface area contributed by atoms with Crippen LogP contribution in [0.4, 0.5) is 10.1 Å². The van der Waals surface area contributed by atoms with Crippen molar-refractivity contribution >= 4 is 29.4 Å². The van der Waals surface area contributed by atoms with Crippen LogP contribution < -0.4 is 21.5 Å². The first-order valence-electron chi connectivity index (χ1n) is 14.4. The van der Waals surface area contributed by atoms with Gasteiger partial charge in [-0.1, -0.05) is 36.6 Å². The highest BCUT2D eigenvalue weighted by molar-refractivity contribution is 5.92. The first kappa shape index (κ1) is 30.7. The molecule has 0 bridgehead atoms. The number of hydrogen-bond donors (Lipinski definition) is 3. The van der Waals surface area contributed by atoms with Crippen LogP contribution in [-0.4, -0.2) is 47.5 Å². The van der Waals surface area contributed by atoms with Gasteiger partial charge in [-0.3, -0.25) is 19.2 Å². The summed E-state index contributed by atoms with van der Waals surface area (Å²) in [6, 6.07) is 8.98. The Balaban J connectivity index is 0.000000437. The second-order valence-corrected chi connectivity index (χ2v) is 10.9. The molecule has 1 aromatic heterocycles. The molecule has 3 aliphatic rings. The number of anilines is 1. The third kappa shape index (κ3) is 8.61. The van der Waals surface area contributed by atoms with E-state index in [0.717, 1.165) is 31.2 Å². The maximum atomic E-state index is 12.8. The molecule has 2 atom stereocenters. The fraction of sp³-hybridized carbons (Fsp3) is 0.452. The van der Waals surface area contributed by atoms with Gasteiger partial charge >= 0.3 is 5.97 Å². The lowest BCUT2D eigenvalue weighted by Crippen LogP contribution is -2.40. The monoisotopic (exact) mass is 580 g/mol. The zero-order chi connectivity index (χ0) is 30.1. The summed E-state index contributed by atoms with van der Waals surface area (Å²) in [7, 11) is 0. The molecule has 0 radical (unpaired) electrons. The molecule has 2 aliphatic heterocycles. The van der Waals surface area contributed by atoms with Gasteiger partial charge in [-0.25, -0.2) is 9.18 Å². The van der Waals surface area contributed by atoms with Gasteiger partial charge in [-0.2, -0.15) is 0 Å². The molecule has 5 rings (SSSR count). The molecule has 42 heavy (non-hydrogen) atoms. The highest BCUT2D eigenvalue weighted by atomic mass is 19.1. The Hall–Kier alpha value is -4.28. The minimum atomic E-state index is -0.553. The molecule has 0 spiro atoms. The van der Waals surface area contributed by atoms with Crippen LogP contribution in [0.2, 0.25) is 0 Å². The molecule has 3 amide bonds. The number of cyclic esters (lactones) is 1. The van der Waals surface area contributed by atoms with Crippen molar-refractivity contribution in [3.8, 4) is 0 Å². The van der Waals surface area contributed by atoms with E-state index in [2.05, 4.69) is 16.0 Å². The molecule has 1 aromatic carbocycles. The molecular weight excluding hydrogens is 543 g/mol. The first-order chi connectivity index (χ1) is 20.2. The lowest BCUT2D eigenvalue weighted by Gasteiger charge is -2.19. The first-order valence-corrected chi connectivity index (χ1v) is 14.4. The minimum Gasteiger partial charge on any atom is -0.462 e. The van der Waals surface area contributed by atoms with Crippen LogP contribution in [0.1, 0.15) is 50.5 Å².